The minimum absolute atomic E-state index is 0.814. The first-order valence-corrected chi connectivity index (χ1v) is 17.2. The van der Waals surface area contributed by atoms with E-state index in [0.29, 0.717) is 0 Å². The Morgan fingerprint density at radius 3 is 1.48 bits per heavy atom. The molecule has 248 valence electrons. The summed E-state index contributed by atoms with van der Waals surface area (Å²) < 4.78 is 0. The van der Waals surface area contributed by atoms with Crippen molar-refractivity contribution >= 4 is 33.5 Å². The average Bonchev–Trinajstić information content (AvgIpc) is 3.20. The second kappa shape index (κ2) is 13.8. The van der Waals surface area contributed by atoms with Gasteiger partial charge in [-0.3, -0.25) is 9.97 Å². The number of para-hydroxylation sites is 2. The number of nitrogens with zero attached hydrogens (tertiary/aromatic N) is 5. The van der Waals surface area contributed by atoms with Crippen molar-refractivity contribution in [3.05, 3.63) is 176 Å². The molecule has 5 heterocycles. The molecule has 3 aromatic carbocycles. The van der Waals surface area contributed by atoms with Gasteiger partial charge in [-0.2, -0.15) is 0 Å². The van der Waals surface area contributed by atoms with E-state index >= 15 is 0 Å². The fraction of sp³-hybridized carbons (Fsp3) is 0.0426. The summed E-state index contributed by atoms with van der Waals surface area (Å²) in [5, 5.41) is 2.16. The van der Waals surface area contributed by atoms with Crippen LogP contribution in [0, 0.1) is 6.92 Å². The Balaban J connectivity index is 1.42. The molecule has 0 aliphatic heterocycles. The van der Waals surface area contributed by atoms with Gasteiger partial charge in [0, 0.05) is 52.3 Å². The zero-order chi connectivity index (χ0) is 35.6. The number of benzene rings is 3. The number of pyridine rings is 5. The van der Waals surface area contributed by atoms with Crippen molar-refractivity contribution in [3.8, 4) is 56.0 Å². The van der Waals surface area contributed by atoms with E-state index in [0.717, 1.165) is 100 Å². The molecule has 0 bridgehead atoms. The van der Waals surface area contributed by atoms with Crippen molar-refractivity contribution in [2.75, 3.05) is 0 Å². The first-order chi connectivity index (χ1) is 25.5. The van der Waals surface area contributed by atoms with Gasteiger partial charge in [-0.1, -0.05) is 61.7 Å². The van der Waals surface area contributed by atoms with Crippen molar-refractivity contribution in [2.24, 2.45) is 0 Å². The van der Waals surface area contributed by atoms with Crippen molar-refractivity contribution in [1.82, 2.24) is 24.9 Å². The molecule has 0 amide bonds. The predicted molar refractivity (Wildman–Crippen MR) is 216 cm³/mol. The zero-order valence-electron chi connectivity index (χ0n) is 29.1. The molecule has 0 unspecified atom stereocenters. The standard InChI is InChI=1S/C47H35N5/c1-5-11-30(3)39-27-45(50-42(6-2)31(39)4)34-24-35(46-28-40(32-16-20-48-21-17-32)37-12-7-9-14-43(37)51-46)26-36(25-34)47-29-41(33-18-22-49-23-19-33)38-13-8-10-15-44(38)52-47/h5-29H,2-3H2,1,4H3/b11-5-. The Morgan fingerprint density at radius 2 is 1.02 bits per heavy atom. The summed E-state index contributed by atoms with van der Waals surface area (Å²) in [7, 11) is 0. The summed E-state index contributed by atoms with van der Waals surface area (Å²) in [5.41, 5.74) is 15.3. The molecule has 0 saturated heterocycles. The third-order valence-electron chi connectivity index (χ3n) is 9.45. The summed E-state index contributed by atoms with van der Waals surface area (Å²) in [6.45, 7) is 12.5. The summed E-state index contributed by atoms with van der Waals surface area (Å²) in [5.74, 6) is 0. The second-order valence-electron chi connectivity index (χ2n) is 12.7. The molecule has 0 aliphatic carbocycles. The Kier molecular flexibility index (Phi) is 8.59. The highest BCUT2D eigenvalue weighted by atomic mass is 14.7. The second-order valence-corrected chi connectivity index (χ2v) is 12.7. The normalized spacial score (nSPS) is 11.3. The topological polar surface area (TPSA) is 64.5 Å². The van der Waals surface area contributed by atoms with Gasteiger partial charge in [0.15, 0.2) is 0 Å². The van der Waals surface area contributed by atoms with Gasteiger partial charge in [0.1, 0.15) is 0 Å². The predicted octanol–water partition coefficient (Wildman–Crippen LogP) is 11.8. The number of hydrogen-bond donors (Lipinski definition) is 0. The minimum Gasteiger partial charge on any atom is -0.265 e. The Labute approximate surface area is 303 Å². The van der Waals surface area contributed by atoms with Crippen LogP contribution in [0.3, 0.4) is 0 Å². The molecule has 0 saturated carbocycles. The highest BCUT2D eigenvalue weighted by Crippen LogP contribution is 2.38. The first-order valence-electron chi connectivity index (χ1n) is 17.2. The van der Waals surface area contributed by atoms with E-state index in [-0.39, 0.29) is 0 Å². The van der Waals surface area contributed by atoms with E-state index < -0.39 is 0 Å². The number of hydrogen-bond acceptors (Lipinski definition) is 5. The Morgan fingerprint density at radius 1 is 0.558 bits per heavy atom. The fourth-order valence-electron chi connectivity index (χ4n) is 6.86. The lowest BCUT2D eigenvalue weighted by Gasteiger charge is -2.16. The van der Waals surface area contributed by atoms with Crippen LogP contribution >= 0.6 is 0 Å². The molecule has 0 radical (unpaired) electrons. The van der Waals surface area contributed by atoms with Gasteiger partial charge in [0.25, 0.3) is 0 Å². The number of allylic oxidation sites excluding steroid dienone is 3. The van der Waals surface area contributed by atoms with Crippen LogP contribution in [0.4, 0.5) is 0 Å². The smallest absolute Gasteiger partial charge is 0.0716 e. The molecule has 0 fully saturated rings. The Bertz CT molecular complexity index is 2540. The summed E-state index contributed by atoms with van der Waals surface area (Å²) in [6.07, 6.45) is 13.2. The molecule has 5 heteroatoms. The van der Waals surface area contributed by atoms with E-state index in [1.165, 1.54) is 0 Å². The molecule has 8 rings (SSSR count). The molecule has 5 nitrogen and oxygen atoms in total. The molecular weight excluding hydrogens is 635 g/mol. The summed E-state index contributed by atoms with van der Waals surface area (Å²) >= 11 is 0. The van der Waals surface area contributed by atoms with Gasteiger partial charge in [0.2, 0.25) is 0 Å². The maximum absolute atomic E-state index is 5.23. The zero-order valence-corrected chi connectivity index (χ0v) is 29.1. The molecule has 0 atom stereocenters. The summed E-state index contributed by atoms with van der Waals surface area (Å²) in [6, 6.07) is 37.7. The van der Waals surface area contributed by atoms with Gasteiger partial charge in [-0.25, -0.2) is 15.0 Å². The van der Waals surface area contributed by atoms with Gasteiger partial charge in [0.05, 0.1) is 33.8 Å². The SMILES string of the molecule is C=Cc1nc(-c2cc(-c3cc(-c4ccncc4)c4ccccc4n3)cc(-c3cc(-c4ccncc4)c4ccccc4n3)c2)cc(C(=C)/C=C\C)c1C. The molecular formula is C47H35N5. The number of aromatic nitrogens is 5. The van der Waals surface area contributed by atoms with Gasteiger partial charge < -0.3 is 0 Å². The lowest BCUT2D eigenvalue weighted by molar-refractivity contribution is 1.22. The molecule has 5 aromatic heterocycles. The largest absolute Gasteiger partial charge is 0.265 e. The monoisotopic (exact) mass is 669 g/mol. The molecule has 0 spiro atoms. The van der Waals surface area contributed by atoms with E-state index in [1.807, 2.05) is 86.3 Å². The van der Waals surface area contributed by atoms with Crippen LogP contribution in [-0.4, -0.2) is 24.9 Å². The van der Waals surface area contributed by atoms with E-state index in [2.05, 4.69) is 103 Å². The maximum Gasteiger partial charge on any atom is 0.0716 e. The fourth-order valence-corrected chi connectivity index (χ4v) is 6.86. The van der Waals surface area contributed by atoms with Crippen LogP contribution in [0.2, 0.25) is 0 Å². The highest BCUT2D eigenvalue weighted by Gasteiger charge is 2.17. The first kappa shape index (κ1) is 32.4. The van der Waals surface area contributed by atoms with E-state index in [4.69, 9.17) is 15.0 Å². The average molecular weight is 670 g/mol. The minimum atomic E-state index is 0.814. The molecule has 0 aliphatic rings. The van der Waals surface area contributed by atoms with Crippen molar-refractivity contribution in [3.63, 3.8) is 0 Å². The van der Waals surface area contributed by atoms with Crippen LogP contribution in [0.1, 0.15) is 23.7 Å². The maximum atomic E-state index is 5.23. The quantitative estimate of drug-likeness (QED) is 0.151. The summed E-state index contributed by atoms with van der Waals surface area (Å²) in [4.78, 5) is 24.1. The van der Waals surface area contributed by atoms with Gasteiger partial charge in [-0.05, 0) is 132 Å². The van der Waals surface area contributed by atoms with Crippen LogP contribution < -0.4 is 0 Å². The van der Waals surface area contributed by atoms with Crippen molar-refractivity contribution in [1.29, 1.82) is 0 Å². The Hall–Kier alpha value is -6.85. The lowest BCUT2D eigenvalue weighted by atomic mass is 9.93. The van der Waals surface area contributed by atoms with Crippen molar-refractivity contribution < 1.29 is 0 Å². The van der Waals surface area contributed by atoms with Crippen LogP contribution in [-0.2, 0) is 0 Å². The van der Waals surface area contributed by atoms with Crippen molar-refractivity contribution in [2.45, 2.75) is 13.8 Å². The third kappa shape index (κ3) is 6.10. The number of fused-ring (bicyclic) bond motifs is 2. The van der Waals surface area contributed by atoms with E-state index in [1.54, 1.807) is 0 Å². The lowest BCUT2D eigenvalue weighted by Crippen LogP contribution is -1.98. The highest BCUT2D eigenvalue weighted by molar-refractivity contribution is 5.99. The van der Waals surface area contributed by atoms with E-state index in [9.17, 15) is 0 Å². The van der Waals surface area contributed by atoms with Crippen LogP contribution in [0.25, 0.3) is 89.5 Å². The van der Waals surface area contributed by atoms with Crippen LogP contribution in [0.15, 0.2) is 159 Å². The third-order valence-corrected chi connectivity index (χ3v) is 9.45. The van der Waals surface area contributed by atoms with Gasteiger partial charge >= 0.3 is 0 Å². The molecule has 52 heavy (non-hydrogen) atoms. The number of rotatable bonds is 8. The van der Waals surface area contributed by atoms with Gasteiger partial charge in [-0.15, -0.1) is 0 Å². The van der Waals surface area contributed by atoms with Crippen LogP contribution in [0.5, 0.6) is 0 Å². The molecule has 0 N–H and O–H groups in total. The molecule has 8 aromatic rings.